The summed E-state index contributed by atoms with van der Waals surface area (Å²) in [5.74, 6) is 0.701. The van der Waals surface area contributed by atoms with Crippen LogP contribution in [-0.4, -0.2) is 9.55 Å². The van der Waals surface area contributed by atoms with Gasteiger partial charge in [0.25, 0.3) is 0 Å². The Hall–Kier alpha value is -1.01. The molecule has 0 saturated carbocycles. The lowest BCUT2D eigenvalue weighted by Gasteiger charge is -1.94. The highest BCUT2D eigenvalue weighted by Gasteiger charge is 2.01. The minimum absolute atomic E-state index is 0.309. The summed E-state index contributed by atoms with van der Waals surface area (Å²) in [7, 11) is 1.78. The van der Waals surface area contributed by atoms with Gasteiger partial charge in [-0.2, -0.15) is 5.26 Å². The molecule has 0 aliphatic heterocycles. The summed E-state index contributed by atoms with van der Waals surface area (Å²) in [4.78, 5) is 3.91. The summed E-state index contributed by atoms with van der Waals surface area (Å²) < 4.78 is 1.69. The molecule has 0 aliphatic rings. The number of aromatic nitrogens is 2. The van der Waals surface area contributed by atoms with E-state index in [1.807, 2.05) is 6.07 Å². The van der Waals surface area contributed by atoms with Crippen LogP contribution in [0.1, 0.15) is 5.82 Å². The summed E-state index contributed by atoms with van der Waals surface area (Å²) in [6, 6.07) is 2.00. The van der Waals surface area contributed by atoms with Gasteiger partial charge in [-0.1, -0.05) is 11.6 Å². The van der Waals surface area contributed by atoms with Gasteiger partial charge in [0.2, 0.25) is 0 Å². The quantitative estimate of drug-likeness (QED) is 0.610. The van der Waals surface area contributed by atoms with Crippen LogP contribution in [0, 0.1) is 11.3 Å². The van der Waals surface area contributed by atoms with Crippen molar-refractivity contribution in [3.05, 3.63) is 17.2 Å². The van der Waals surface area contributed by atoms with Gasteiger partial charge in [0.1, 0.15) is 11.0 Å². The lowest BCUT2D eigenvalue weighted by molar-refractivity contribution is 0.833. The number of hydrogen-bond donors (Lipinski definition) is 0. The van der Waals surface area contributed by atoms with E-state index in [9.17, 15) is 0 Å². The monoisotopic (exact) mass is 155 g/mol. The second kappa shape index (κ2) is 2.72. The molecule has 0 saturated heterocycles. The molecule has 0 N–H and O–H groups in total. The van der Waals surface area contributed by atoms with E-state index in [-0.39, 0.29) is 0 Å². The van der Waals surface area contributed by atoms with Gasteiger partial charge >= 0.3 is 0 Å². The van der Waals surface area contributed by atoms with Crippen LogP contribution < -0.4 is 0 Å². The van der Waals surface area contributed by atoms with Crippen molar-refractivity contribution in [1.82, 2.24) is 9.55 Å². The summed E-state index contributed by atoms with van der Waals surface area (Å²) in [5.41, 5.74) is 0. The van der Waals surface area contributed by atoms with E-state index in [1.165, 1.54) is 6.20 Å². The van der Waals surface area contributed by atoms with E-state index in [0.717, 1.165) is 0 Å². The Morgan fingerprint density at radius 3 is 3.00 bits per heavy atom. The molecular weight excluding hydrogens is 150 g/mol. The van der Waals surface area contributed by atoms with Crippen LogP contribution in [0.2, 0.25) is 5.15 Å². The van der Waals surface area contributed by atoms with Gasteiger partial charge in [0, 0.05) is 7.05 Å². The molecular formula is C6H6ClN3. The number of nitriles is 1. The van der Waals surface area contributed by atoms with E-state index >= 15 is 0 Å². The van der Waals surface area contributed by atoms with Crippen LogP contribution in [0.15, 0.2) is 6.20 Å². The molecule has 0 bridgehead atoms. The summed E-state index contributed by atoms with van der Waals surface area (Å²) in [6.07, 6.45) is 1.84. The topological polar surface area (TPSA) is 41.6 Å². The van der Waals surface area contributed by atoms with Gasteiger partial charge in [-0.15, -0.1) is 0 Å². The Bertz CT molecular complexity index is 271. The predicted molar refractivity (Wildman–Crippen MR) is 37.5 cm³/mol. The highest BCUT2D eigenvalue weighted by Crippen LogP contribution is 2.08. The molecule has 0 amide bonds. The highest BCUT2D eigenvalue weighted by molar-refractivity contribution is 6.29. The normalized spacial score (nSPS) is 9.30. The fourth-order valence-corrected chi connectivity index (χ4v) is 0.806. The Kier molecular flexibility index (Phi) is 1.93. The number of nitrogens with zero attached hydrogens (tertiary/aromatic N) is 3. The first-order valence-electron chi connectivity index (χ1n) is 2.78. The van der Waals surface area contributed by atoms with Gasteiger partial charge in [0.05, 0.1) is 18.7 Å². The molecule has 1 aromatic heterocycles. The van der Waals surface area contributed by atoms with Gasteiger partial charge in [-0.05, 0) is 0 Å². The molecule has 1 heterocycles. The molecule has 0 atom stereocenters. The van der Waals surface area contributed by atoms with Crippen LogP contribution in [0.3, 0.4) is 0 Å². The van der Waals surface area contributed by atoms with Crippen molar-refractivity contribution in [2.75, 3.05) is 0 Å². The fourth-order valence-electron chi connectivity index (χ4n) is 0.659. The van der Waals surface area contributed by atoms with Crippen molar-refractivity contribution in [3.8, 4) is 6.07 Å². The van der Waals surface area contributed by atoms with Crippen molar-refractivity contribution >= 4 is 11.6 Å². The maximum atomic E-state index is 8.31. The van der Waals surface area contributed by atoms with Crippen LogP contribution in [-0.2, 0) is 13.5 Å². The molecule has 4 heteroatoms. The van der Waals surface area contributed by atoms with E-state index < -0.39 is 0 Å². The molecule has 0 spiro atoms. The van der Waals surface area contributed by atoms with Crippen molar-refractivity contribution < 1.29 is 0 Å². The minimum atomic E-state index is 0.309. The third kappa shape index (κ3) is 1.12. The largest absolute Gasteiger partial charge is 0.321 e. The smallest absolute Gasteiger partial charge is 0.128 e. The van der Waals surface area contributed by atoms with Crippen molar-refractivity contribution in [2.45, 2.75) is 6.42 Å². The molecule has 1 rings (SSSR count). The van der Waals surface area contributed by atoms with E-state index in [2.05, 4.69) is 4.98 Å². The third-order valence-electron chi connectivity index (χ3n) is 1.26. The van der Waals surface area contributed by atoms with E-state index in [4.69, 9.17) is 16.9 Å². The third-order valence-corrected chi connectivity index (χ3v) is 1.62. The van der Waals surface area contributed by atoms with Gasteiger partial charge in [0.15, 0.2) is 0 Å². The average molecular weight is 156 g/mol. The van der Waals surface area contributed by atoms with Crippen molar-refractivity contribution in [2.24, 2.45) is 7.05 Å². The molecule has 0 aromatic carbocycles. The Labute approximate surface area is 63.9 Å². The summed E-state index contributed by atoms with van der Waals surface area (Å²) in [6.45, 7) is 0. The highest BCUT2D eigenvalue weighted by atomic mass is 35.5. The van der Waals surface area contributed by atoms with Crippen molar-refractivity contribution in [1.29, 1.82) is 5.26 Å². The lowest BCUT2D eigenvalue weighted by Crippen LogP contribution is -1.95. The zero-order valence-corrected chi connectivity index (χ0v) is 6.26. The Balaban J connectivity index is 2.96. The standard InChI is InChI=1S/C6H6ClN3/c1-10-5(7)4-9-6(10)2-3-8/h4H,2H2,1H3. The van der Waals surface area contributed by atoms with Crippen molar-refractivity contribution in [3.63, 3.8) is 0 Å². The molecule has 1 aromatic rings. The predicted octanol–water partition coefficient (Wildman–Crippen LogP) is 1.14. The van der Waals surface area contributed by atoms with Crippen LogP contribution >= 0.6 is 11.6 Å². The minimum Gasteiger partial charge on any atom is -0.321 e. The Morgan fingerprint density at radius 2 is 2.60 bits per heavy atom. The van der Waals surface area contributed by atoms with Gasteiger partial charge in [-0.3, -0.25) is 0 Å². The van der Waals surface area contributed by atoms with E-state index in [1.54, 1.807) is 11.6 Å². The van der Waals surface area contributed by atoms with Gasteiger partial charge < -0.3 is 4.57 Å². The van der Waals surface area contributed by atoms with E-state index in [0.29, 0.717) is 17.4 Å². The molecule has 0 aliphatic carbocycles. The number of imidazole rings is 1. The zero-order valence-electron chi connectivity index (χ0n) is 5.50. The molecule has 0 radical (unpaired) electrons. The van der Waals surface area contributed by atoms with Crippen LogP contribution in [0.5, 0.6) is 0 Å². The number of hydrogen-bond acceptors (Lipinski definition) is 2. The number of rotatable bonds is 1. The average Bonchev–Trinajstić information content (AvgIpc) is 2.20. The SMILES string of the molecule is Cn1c(Cl)cnc1CC#N. The molecule has 3 nitrogen and oxygen atoms in total. The molecule has 0 fully saturated rings. The lowest BCUT2D eigenvalue weighted by atomic mass is 10.4. The fraction of sp³-hybridized carbons (Fsp3) is 0.333. The first-order valence-corrected chi connectivity index (χ1v) is 3.16. The second-order valence-corrected chi connectivity index (χ2v) is 2.28. The number of halogens is 1. The van der Waals surface area contributed by atoms with Crippen LogP contribution in [0.25, 0.3) is 0 Å². The van der Waals surface area contributed by atoms with Gasteiger partial charge in [-0.25, -0.2) is 4.98 Å². The van der Waals surface area contributed by atoms with Crippen LogP contribution in [0.4, 0.5) is 0 Å². The summed E-state index contributed by atoms with van der Waals surface area (Å²) >= 11 is 5.66. The first-order chi connectivity index (χ1) is 4.75. The Morgan fingerprint density at radius 1 is 1.90 bits per heavy atom. The maximum absolute atomic E-state index is 8.31. The second-order valence-electron chi connectivity index (χ2n) is 1.89. The summed E-state index contributed by atoms with van der Waals surface area (Å²) in [5, 5.41) is 8.87. The molecule has 52 valence electrons. The molecule has 10 heavy (non-hydrogen) atoms. The first kappa shape index (κ1) is 7.10. The zero-order chi connectivity index (χ0) is 7.56. The maximum Gasteiger partial charge on any atom is 0.128 e. The molecule has 0 unspecified atom stereocenters.